The number of nitrogens with one attached hydrogen (secondary N) is 2. The Bertz CT molecular complexity index is 1040. The zero-order chi connectivity index (χ0) is 20.4. The molecule has 0 aromatic carbocycles. The Kier molecular flexibility index (Phi) is 5.16. The van der Waals surface area contributed by atoms with Gasteiger partial charge in [0.15, 0.2) is 0 Å². The fourth-order valence-electron chi connectivity index (χ4n) is 3.83. The SMILES string of the molecule is Cc1cccn2c(CC(=O)N[C@@H]3CC[C@H](NC(=O)c4ccc(N)nc4)C3)cnc12. The van der Waals surface area contributed by atoms with Gasteiger partial charge < -0.3 is 20.8 Å². The maximum atomic E-state index is 12.5. The van der Waals surface area contributed by atoms with Crippen LogP contribution in [0.2, 0.25) is 0 Å². The van der Waals surface area contributed by atoms with Crippen LogP contribution < -0.4 is 16.4 Å². The van der Waals surface area contributed by atoms with Crippen LogP contribution in [-0.4, -0.2) is 38.3 Å². The number of aryl methyl sites for hydroxylation is 1. The van der Waals surface area contributed by atoms with E-state index >= 15 is 0 Å². The second kappa shape index (κ2) is 7.90. The normalized spacial score (nSPS) is 18.7. The Balaban J connectivity index is 1.30. The Morgan fingerprint density at radius 2 is 1.93 bits per heavy atom. The van der Waals surface area contributed by atoms with Crippen LogP contribution in [0.15, 0.2) is 42.9 Å². The fourth-order valence-corrected chi connectivity index (χ4v) is 3.83. The molecule has 8 heteroatoms. The van der Waals surface area contributed by atoms with E-state index in [4.69, 9.17) is 5.73 Å². The lowest BCUT2D eigenvalue weighted by Crippen LogP contribution is -2.37. The Morgan fingerprint density at radius 1 is 1.14 bits per heavy atom. The molecule has 2 atom stereocenters. The third-order valence-corrected chi connectivity index (χ3v) is 5.33. The molecule has 4 rings (SSSR count). The number of fused-ring (bicyclic) bond motifs is 1. The van der Waals surface area contributed by atoms with E-state index in [9.17, 15) is 9.59 Å². The molecule has 0 radical (unpaired) electrons. The third-order valence-electron chi connectivity index (χ3n) is 5.33. The molecule has 29 heavy (non-hydrogen) atoms. The second-order valence-corrected chi connectivity index (χ2v) is 7.53. The maximum Gasteiger partial charge on any atom is 0.253 e. The van der Waals surface area contributed by atoms with E-state index in [1.807, 2.05) is 29.7 Å². The molecule has 0 aliphatic heterocycles. The van der Waals surface area contributed by atoms with Crippen LogP contribution in [0.4, 0.5) is 5.82 Å². The molecule has 1 saturated carbocycles. The van der Waals surface area contributed by atoms with Crippen LogP contribution in [0.25, 0.3) is 5.65 Å². The van der Waals surface area contributed by atoms with Crippen molar-refractivity contribution in [3.63, 3.8) is 0 Å². The van der Waals surface area contributed by atoms with Gasteiger partial charge in [-0.15, -0.1) is 0 Å². The van der Waals surface area contributed by atoms with E-state index < -0.39 is 0 Å². The van der Waals surface area contributed by atoms with Crippen molar-refractivity contribution in [2.45, 2.75) is 44.7 Å². The largest absolute Gasteiger partial charge is 0.384 e. The number of hydrogen-bond acceptors (Lipinski definition) is 5. The Labute approximate surface area is 168 Å². The summed E-state index contributed by atoms with van der Waals surface area (Å²) in [6, 6.07) is 7.30. The van der Waals surface area contributed by atoms with Gasteiger partial charge in [0.25, 0.3) is 5.91 Å². The van der Waals surface area contributed by atoms with Crippen LogP contribution >= 0.6 is 0 Å². The van der Waals surface area contributed by atoms with Gasteiger partial charge in [-0.25, -0.2) is 9.97 Å². The van der Waals surface area contributed by atoms with Crippen LogP contribution in [0, 0.1) is 6.92 Å². The van der Waals surface area contributed by atoms with Crippen LogP contribution in [0.1, 0.15) is 40.9 Å². The summed E-state index contributed by atoms with van der Waals surface area (Å²) in [5.74, 6) is 0.176. The number of nitrogen functional groups attached to an aromatic ring is 1. The first-order valence-corrected chi connectivity index (χ1v) is 9.73. The van der Waals surface area contributed by atoms with Gasteiger partial charge in [0.1, 0.15) is 11.5 Å². The van der Waals surface area contributed by atoms with Crippen molar-refractivity contribution < 1.29 is 9.59 Å². The second-order valence-electron chi connectivity index (χ2n) is 7.53. The number of carbonyl (C=O) groups excluding carboxylic acids is 2. The van der Waals surface area contributed by atoms with E-state index in [0.29, 0.717) is 17.8 Å². The van der Waals surface area contributed by atoms with E-state index in [1.54, 1.807) is 18.3 Å². The Morgan fingerprint density at radius 3 is 2.69 bits per heavy atom. The van der Waals surface area contributed by atoms with Crippen molar-refractivity contribution in [2.75, 3.05) is 5.73 Å². The van der Waals surface area contributed by atoms with Gasteiger partial charge in [-0.05, 0) is 49.9 Å². The molecule has 3 aromatic heterocycles. The molecule has 0 saturated heterocycles. The number of hydrogen-bond donors (Lipinski definition) is 3. The first-order chi connectivity index (χ1) is 14.0. The highest BCUT2D eigenvalue weighted by atomic mass is 16.2. The molecule has 8 nitrogen and oxygen atoms in total. The van der Waals surface area contributed by atoms with E-state index in [0.717, 1.165) is 29.7 Å². The number of rotatable bonds is 5. The lowest BCUT2D eigenvalue weighted by Gasteiger charge is -2.15. The summed E-state index contributed by atoms with van der Waals surface area (Å²) >= 11 is 0. The summed E-state index contributed by atoms with van der Waals surface area (Å²) in [6.45, 7) is 2.00. The molecule has 3 heterocycles. The number of carbonyl (C=O) groups is 2. The van der Waals surface area contributed by atoms with Crippen LogP contribution in [-0.2, 0) is 11.2 Å². The molecule has 150 valence electrons. The third kappa shape index (κ3) is 4.21. The average molecular weight is 392 g/mol. The van der Waals surface area contributed by atoms with Gasteiger partial charge in [-0.3, -0.25) is 9.59 Å². The zero-order valence-electron chi connectivity index (χ0n) is 16.3. The highest BCUT2D eigenvalue weighted by Crippen LogP contribution is 2.20. The number of imidazole rings is 1. The quantitative estimate of drug-likeness (QED) is 0.611. The van der Waals surface area contributed by atoms with Crippen LogP contribution in [0.3, 0.4) is 0 Å². The number of amides is 2. The standard InChI is InChI=1S/C21H24N6O2/c1-13-3-2-8-27-17(12-24-20(13)27)10-19(28)25-15-5-6-16(9-15)26-21(29)14-4-7-18(22)23-11-14/h2-4,7-8,11-12,15-16H,5-6,9-10H2,1H3,(H2,22,23)(H,25,28)(H,26,29)/t15-,16+/m1/s1. The minimum absolute atomic E-state index is 0.0313. The number of nitrogens with two attached hydrogens (primary N) is 1. The highest BCUT2D eigenvalue weighted by molar-refractivity contribution is 5.94. The van der Waals surface area contributed by atoms with Crippen molar-refractivity contribution in [1.29, 1.82) is 0 Å². The van der Waals surface area contributed by atoms with E-state index in [1.165, 1.54) is 6.20 Å². The van der Waals surface area contributed by atoms with Gasteiger partial charge in [0.2, 0.25) is 5.91 Å². The molecule has 0 unspecified atom stereocenters. The predicted octanol–water partition coefficient (Wildman–Crippen LogP) is 1.63. The summed E-state index contributed by atoms with van der Waals surface area (Å²) in [5, 5.41) is 6.10. The molecular formula is C21H24N6O2. The van der Waals surface area contributed by atoms with Gasteiger partial charge in [0, 0.05) is 30.7 Å². The molecule has 1 aliphatic carbocycles. The zero-order valence-corrected chi connectivity index (χ0v) is 16.3. The molecule has 2 amide bonds. The lowest BCUT2D eigenvalue weighted by molar-refractivity contribution is -0.121. The Hall–Kier alpha value is -3.42. The van der Waals surface area contributed by atoms with E-state index in [2.05, 4.69) is 20.6 Å². The summed E-state index contributed by atoms with van der Waals surface area (Å²) in [4.78, 5) is 33.2. The summed E-state index contributed by atoms with van der Waals surface area (Å²) in [5.41, 5.74) is 8.84. The number of anilines is 1. The monoisotopic (exact) mass is 392 g/mol. The van der Waals surface area contributed by atoms with Crippen molar-refractivity contribution in [3.8, 4) is 0 Å². The van der Waals surface area contributed by atoms with Crippen molar-refractivity contribution in [2.24, 2.45) is 0 Å². The van der Waals surface area contributed by atoms with Gasteiger partial charge in [-0.2, -0.15) is 0 Å². The minimum Gasteiger partial charge on any atom is -0.384 e. The van der Waals surface area contributed by atoms with Crippen LogP contribution in [0.5, 0.6) is 0 Å². The smallest absolute Gasteiger partial charge is 0.253 e. The maximum absolute atomic E-state index is 12.5. The molecule has 3 aromatic rings. The first kappa shape index (κ1) is 18.9. The lowest BCUT2D eigenvalue weighted by atomic mass is 10.2. The predicted molar refractivity (Wildman–Crippen MR) is 109 cm³/mol. The van der Waals surface area contributed by atoms with E-state index in [-0.39, 0.29) is 30.3 Å². The highest BCUT2D eigenvalue weighted by Gasteiger charge is 2.27. The molecule has 1 fully saturated rings. The average Bonchev–Trinajstić information content (AvgIpc) is 3.30. The van der Waals surface area contributed by atoms with Crippen molar-refractivity contribution in [3.05, 3.63) is 59.7 Å². The van der Waals surface area contributed by atoms with Crippen molar-refractivity contribution in [1.82, 2.24) is 25.0 Å². The summed E-state index contributed by atoms with van der Waals surface area (Å²) in [7, 11) is 0. The molecule has 1 aliphatic rings. The molecule has 4 N–H and O–H groups in total. The van der Waals surface area contributed by atoms with Crippen molar-refractivity contribution >= 4 is 23.3 Å². The summed E-state index contributed by atoms with van der Waals surface area (Å²) in [6.07, 6.45) is 7.79. The summed E-state index contributed by atoms with van der Waals surface area (Å²) < 4.78 is 1.95. The molecular weight excluding hydrogens is 368 g/mol. The first-order valence-electron chi connectivity index (χ1n) is 9.73. The fraction of sp³-hybridized carbons (Fsp3) is 0.333. The number of pyridine rings is 2. The topological polar surface area (TPSA) is 114 Å². The molecule has 0 bridgehead atoms. The van der Waals surface area contributed by atoms with Gasteiger partial charge in [0.05, 0.1) is 17.7 Å². The van der Waals surface area contributed by atoms with Gasteiger partial charge in [-0.1, -0.05) is 6.07 Å². The minimum atomic E-state index is -0.171. The van der Waals surface area contributed by atoms with Gasteiger partial charge >= 0.3 is 0 Å². The number of aromatic nitrogens is 3. The number of nitrogens with zero attached hydrogens (tertiary/aromatic N) is 3. The molecule has 0 spiro atoms.